The minimum Gasteiger partial charge on any atom is -0.512 e. The summed E-state index contributed by atoms with van der Waals surface area (Å²) >= 11 is 0. The first kappa shape index (κ1) is 19.3. The summed E-state index contributed by atoms with van der Waals surface area (Å²) in [6.07, 6.45) is 11.5. The molecule has 0 aromatic rings. The van der Waals surface area contributed by atoms with E-state index >= 15 is 0 Å². The maximum Gasteiger partial charge on any atom is 0.0942 e. The SMILES string of the molecule is CCCCCC/C=C(/O)[C@@H]1[C@@H]2C[C@H](OCCCC#N)C[C@@H]2C[C@H]1O. The lowest BCUT2D eigenvalue weighted by molar-refractivity contribution is 0.0384. The first-order chi connectivity index (χ1) is 11.7. The number of aliphatic hydroxyl groups excluding tert-OH is 2. The third-order valence-electron chi connectivity index (χ3n) is 5.67. The zero-order valence-electron chi connectivity index (χ0n) is 15.0. The van der Waals surface area contributed by atoms with Crippen LogP contribution in [0.15, 0.2) is 11.8 Å². The Bertz CT molecular complexity index is 443. The largest absolute Gasteiger partial charge is 0.512 e. The van der Waals surface area contributed by atoms with Gasteiger partial charge in [-0.1, -0.05) is 26.2 Å². The van der Waals surface area contributed by atoms with Crippen LogP contribution in [0.4, 0.5) is 0 Å². The van der Waals surface area contributed by atoms with Gasteiger partial charge in [0.2, 0.25) is 0 Å². The predicted molar refractivity (Wildman–Crippen MR) is 94.4 cm³/mol. The van der Waals surface area contributed by atoms with Crippen LogP contribution < -0.4 is 0 Å². The molecule has 0 bridgehead atoms. The summed E-state index contributed by atoms with van der Waals surface area (Å²) in [6.45, 7) is 2.84. The topological polar surface area (TPSA) is 73.5 Å². The van der Waals surface area contributed by atoms with E-state index in [9.17, 15) is 10.2 Å². The van der Waals surface area contributed by atoms with E-state index in [4.69, 9.17) is 10.00 Å². The monoisotopic (exact) mass is 335 g/mol. The Morgan fingerprint density at radius 3 is 2.79 bits per heavy atom. The van der Waals surface area contributed by atoms with Crippen LogP contribution in [0, 0.1) is 29.1 Å². The van der Waals surface area contributed by atoms with Crippen LogP contribution in [0.1, 0.15) is 71.1 Å². The van der Waals surface area contributed by atoms with Crippen LogP contribution in [0.25, 0.3) is 0 Å². The van der Waals surface area contributed by atoms with Gasteiger partial charge in [0.15, 0.2) is 0 Å². The Morgan fingerprint density at radius 1 is 1.21 bits per heavy atom. The number of ether oxygens (including phenoxy) is 1. The van der Waals surface area contributed by atoms with Crippen molar-refractivity contribution in [2.75, 3.05) is 6.61 Å². The lowest BCUT2D eigenvalue weighted by Crippen LogP contribution is -2.23. The average Bonchev–Trinajstić information content (AvgIpc) is 3.07. The average molecular weight is 335 g/mol. The number of aliphatic hydroxyl groups is 2. The van der Waals surface area contributed by atoms with Crippen molar-refractivity contribution >= 4 is 0 Å². The van der Waals surface area contributed by atoms with Crippen molar-refractivity contribution in [3.63, 3.8) is 0 Å². The molecule has 5 atom stereocenters. The molecule has 0 heterocycles. The number of unbranched alkanes of at least 4 members (excludes halogenated alkanes) is 5. The van der Waals surface area contributed by atoms with E-state index in [2.05, 4.69) is 13.0 Å². The van der Waals surface area contributed by atoms with Gasteiger partial charge in [0.25, 0.3) is 0 Å². The third kappa shape index (κ3) is 5.22. The first-order valence-corrected chi connectivity index (χ1v) is 9.73. The molecule has 0 amide bonds. The van der Waals surface area contributed by atoms with E-state index in [0.29, 0.717) is 30.6 Å². The highest BCUT2D eigenvalue weighted by Crippen LogP contribution is 2.50. The molecule has 0 aliphatic heterocycles. The number of hydrogen-bond acceptors (Lipinski definition) is 4. The van der Waals surface area contributed by atoms with Gasteiger partial charge in [-0.25, -0.2) is 0 Å². The van der Waals surface area contributed by atoms with Gasteiger partial charge in [-0.2, -0.15) is 5.26 Å². The molecule has 4 heteroatoms. The van der Waals surface area contributed by atoms with Gasteiger partial charge in [0.1, 0.15) is 0 Å². The van der Waals surface area contributed by atoms with Gasteiger partial charge in [-0.05, 0) is 56.4 Å². The Balaban J connectivity index is 1.80. The van der Waals surface area contributed by atoms with Gasteiger partial charge in [-0.3, -0.25) is 0 Å². The molecule has 2 saturated carbocycles. The smallest absolute Gasteiger partial charge is 0.0942 e. The number of nitriles is 1. The van der Waals surface area contributed by atoms with Crippen molar-refractivity contribution in [3.8, 4) is 6.07 Å². The molecule has 2 aliphatic rings. The van der Waals surface area contributed by atoms with Gasteiger partial charge in [-0.15, -0.1) is 0 Å². The van der Waals surface area contributed by atoms with E-state index in [1.165, 1.54) is 19.3 Å². The van der Waals surface area contributed by atoms with Crippen molar-refractivity contribution < 1.29 is 14.9 Å². The summed E-state index contributed by atoms with van der Waals surface area (Å²) < 4.78 is 5.90. The summed E-state index contributed by atoms with van der Waals surface area (Å²) in [6, 6.07) is 2.14. The molecule has 2 fully saturated rings. The number of fused-ring (bicyclic) bond motifs is 1. The molecule has 0 unspecified atom stereocenters. The minimum absolute atomic E-state index is 0.103. The van der Waals surface area contributed by atoms with Crippen LogP contribution >= 0.6 is 0 Å². The second-order valence-corrected chi connectivity index (χ2v) is 7.46. The van der Waals surface area contributed by atoms with Crippen molar-refractivity contribution in [3.05, 3.63) is 11.8 Å². The molecule has 2 rings (SSSR count). The molecule has 0 spiro atoms. The van der Waals surface area contributed by atoms with Crippen LogP contribution in [-0.4, -0.2) is 29.0 Å². The fourth-order valence-corrected chi connectivity index (χ4v) is 4.47. The molecule has 2 N–H and O–H groups in total. The van der Waals surface area contributed by atoms with Gasteiger partial charge in [0.05, 0.1) is 24.0 Å². The van der Waals surface area contributed by atoms with Crippen LogP contribution in [0.3, 0.4) is 0 Å². The highest BCUT2D eigenvalue weighted by Gasteiger charge is 2.49. The van der Waals surface area contributed by atoms with E-state index in [0.717, 1.165) is 38.5 Å². The third-order valence-corrected chi connectivity index (χ3v) is 5.67. The van der Waals surface area contributed by atoms with Crippen molar-refractivity contribution in [2.24, 2.45) is 17.8 Å². The second-order valence-electron chi connectivity index (χ2n) is 7.46. The molecular weight excluding hydrogens is 302 g/mol. The fraction of sp³-hybridized carbons (Fsp3) is 0.850. The standard InChI is InChI=1S/C20H33NO3/c1-2-3-4-5-6-9-18(22)20-17-14-16(24-11-8-7-10-21)12-15(17)13-19(20)23/h9,15-17,19-20,22-23H,2-8,11-14H2,1H3/b18-9+/t15-,16-,17-,19-,20+/m1/s1. The predicted octanol–water partition coefficient (Wildman–Crippen LogP) is 4.49. The molecule has 0 saturated heterocycles. The molecular formula is C20H33NO3. The normalized spacial score (nSPS) is 32.7. The summed E-state index contributed by atoms with van der Waals surface area (Å²) in [5.41, 5.74) is 0. The summed E-state index contributed by atoms with van der Waals surface area (Å²) in [7, 11) is 0. The van der Waals surface area contributed by atoms with E-state index in [1.807, 2.05) is 6.08 Å². The maximum absolute atomic E-state index is 10.5. The zero-order chi connectivity index (χ0) is 17.4. The lowest BCUT2D eigenvalue weighted by atomic mass is 9.89. The summed E-state index contributed by atoms with van der Waals surface area (Å²) in [5, 5.41) is 29.4. The molecule has 0 aromatic carbocycles. The summed E-state index contributed by atoms with van der Waals surface area (Å²) in [4.78, 5) is 0. The number of allylic oxidation sites excluding steroid dienone is 1. The Morgan fingerprint density at radius 2 is 2.04 bits per heavy atom. The molecule has 136 valence electrons. The van der Waals surface area contributed by atoms with E-state index < -0.39 is 6.10 Å². The molecule has 24 heavy (non-hydrogen) atoms. The highest BCUT2D eigenvalue weighted by atomic mass is 16.5. The Labute approximate surface area is 146 Å². The number of nitrogens with zero attached hydrogens (tertiary/aromatic N) is 1. The van der Waals surface area contributed by atoms with Crippen LogP contribution in [0.2, 0.25) is 0 Å². The summed E-state index contributed by atoms with van der Waals surface area (Å²) in [5.74, 6) is 1.10. The van der Waals surface area contributed by atoms with Crippen molar-refractivity contribution in [2.45, 2.75) is 83.3 Å². The van der Waals surface area contributed by atoms with Crippen LogP contribution in [-0.2, 0) is 4.74 Å². The number of hydrogen-bond donors (Lipinski definition) is 2. The van der Waals surface area contributed by atoms with E-state index in [1.54, 1.807) is 0 Å². The van der Waals surface area contributed by atoms with Crippen molar-refractivity contribution in [1.29, 1.82) is 5.26 Å². The first-order valence-electron chi connectivity index (χ1n) is 9.73. The van der Waals surface area contributed by atoms with Gasteiger partial charge >= 0.3 is 0 Å². The van der Waals surface area contributed by atoms with Gasteiger partial charge in [0, 0.05) is 18.9 Å². The highest BCUT2D eigenvalue weighted by molar-refractivity contribution is 5.10. The van der Waals surface area contributed by atoms with Crippen molar-refractivity contribution in [1.82, 2.24) is 0 Å². The number of rotatable bonds is 10. The second kappa shape index (κ2) is 10.1. The maximum atomic E-state index is 10.5. The molecule has 4 nitrogen and oxygen atoms in total. The fourth-order valence-electron chi connectivity index (χ4n) is 4.47. The lowest BCUT2D eigenvalue weighted by Gasteiger charge is -2.21. The Hall–Kier alpha value is -1.05. The molecule has 2 aliphatic carbocycles. The van der Waals surface area contributed by atoms with E-state index in [-0.39, 0.29) is 12.0 Å². The van der Waals surface area contributed by atoms with Gasteiger partial charge < -0.3 is 14.9 Å². The van der Waals surface area contributed by atoms with Crippen LogP contribution in [0.5, 0.6) is 0 Å². The quantitative estimate of drug-likeness (QED) is 0.455. The minimum atomic E-state index is -0.411. The molecule has 0 radical (unpaired) electrons. The zero-order valence-corrected chi connectivity index (χ0v) is 15.0. The molecule has 0 aromatic heterocycles. The Kier molecular flexibility index (Phi) is 8.08.